The molecule has 1 saturated carbocycles. The predicted molar refractivity (Wildman–Crippen MR) is 55.7 cm³/mol. The van der Waals surface area contributed by atoms with Crippen LogP contribution in [0, 0.1) is 12.3 Å². The van der Waals surface area contributed by atoms with Gasteiger partial charge in [-0.1, -0.05) is 43.7 Å². The lowest BCUT2D eigenvalue weighted by atomic mass is 10.0. The standard InChI is InChI=1S/C12H17N/c1-8-4-6-9(7-5-8)10-11(13)12(10,2)3/h4-7,10-11H,13H2,1-3H3. The van der Waals surface area contributed by atoms with Crippen LogP contribution in [0.15, 0.2) is 24.3 Å². The predicted octanol–water partition coefficient (Wildman–Crippen LogP) is 2.45. The van der Waals surface area contributed by atoms with Gasteiger partial charge >= 0.3 is 0 Å². The molecule has 0 spiro atoms. The molecule has 0 radical (unpaired) electrons. The van der Waals surface area contributed by atoms with Crippen molar-refractivity contribution in [3.05, 3.63) is 35.4 Å². The third kappa shape index (κ3) is 1.28. The first-order valence-corrected chi connectivity index (χ1v) is 4.85. The molecule has 1 aromatic rings. The summed E-state index contributed by atoms with van der Waals surface area (Å²) in [4.78, 5) is 0. The van der Waals surface area contributed by atoms with Gasteiger partial charge in [0.2, 0.25) is 0 Å². The molecule has 0 amide bonds. The van der Waals surface area contributed by atoms with Crippen molar-refractivity contribution in [3.63, 3.8) is 0 Å². The van der Waals surface area contributed by atoms with Gasteiger partial charge in [-0.15, -0.1) is 0 Å². The molecule has 2 N–H and O–H groups in total. The topological polar surface area (TPSA) is 26.0 Å². The van der Waals surface area contributed by atoms with Gasteiger partial charge in [0.1, 0.15) is 0 Å². The zero-order valence-corrected chi connectivity index (χ0v) is 8.54. The molecule has 13 heavy (non-hydrogen) atoms. The van der Waals surface area contributed by atoms with Crippen molar-refractivity contribution in [2.45, 2.75) is 32.7 Å². The maximum Gasteiger partial charge on any atom is 0.0172 e. The summed E-state index contributed by atoms with van der Waals surface area (Å²) >= 11 is 0. The highest BCUT2D eigenvalue weighted by molar-refractivity contribution is 5.35. The second-order valence-electron chi connectivity index (χ2n) is 4.74. The molecular weight excluding hydrogens is 158 g/mol. The Balaban J connectivity index is 2.25. The van der Waals surface area contributed by atoms with E-state index in [4.69, 9.17) is 5.73 Å². The van der Waals surface area contributed by atoms with Gasteiger partial charge < -0.3 is 5.73 Å². The number of hydrogen-bond acceptors (Lipinski definition) is 1. The SMILES string of the molecule is Cc1ccc(C2C(N)C2(C)C)cc1. The average Bonchev–Trinajstić information content (AvgIpc) is 2.55. The van der Waals surface area contributed by atoms with Gasteiger partial charge in [-0.2, -0.15) is 0 Å². The third-order valence-electron chi connectivity index (χ3n) is 3.35. The van der Waals surface area contributed by atoms with Gasteiger partial charge in [0, 0.05) is 12.0 Å². The van der Waals surface area contributed by atoms with E-state index >= 15 is 0 Å². The zero-order chi connectivity index (χ0) is 9.64. The smallest absolute Gasteiger partial charge is 0.0172 e. The molecule has 1 nitrogen and oxygen atoms in total. The third-order valence-corrected chi connectivity index (χ3v) is 3.35. The van der Waals surface area contributed by atoms with E-state index in [1.807, 2.05) is 0 Å². The van der Waals surface area contributed by atoms with Crippen LogP contribution < -0.4 is 5.73 Å². The maximum absolute atomic E-state index is 6.01. The number of aryl methyl sites for hydroxylation is 1. The quantitative estimate of drug-likeness (QED) is 0.697. The Morgan fingerprint density at radius 1 is 1.15 bits per heavy atom. The van der Waals surface area contributed by atoms with Crippen molar-refractivity contribution in [1.29, 1.82) is 0 Å². The number of benzene rings is 1. The highest BCUT2D eigenvalue weighted by atomic mass is 14.8. The van der Waals surface area contributed by atoms with E-state index in [0.717, 1.165) is 0 Å². The first kappa shape index (κ1) is 8.76. The summed E-state index contributed by atoms with van der Waals surface area (Å²) in [7, 11) is 0. The van der Waals surface area contributed by atoms with Crippen LogP contribution >= 0.6 is 0 Å². The minimum absolute atomic E-state index is 0.301. The first-order valence-electron chi connectivity index (χ1n) is 4.85. The van der Waals surface area contributed by atoms with E-state index in [-0.39, 0.29) is 0 Å². The summed E-state index contributed by atoms with van der Waals surface area (Å²) in [6.45, 7) is 6.59. The van der Waals surface area contributed by atoms with Crippen LogP contribution in [-0.2, 0) is 0 Å². The summed E-state index contributed by atoms with van der Waals surface area (Å²) in [5.74, 6) is 0.563. The molecule has 0 aromatic heterocycles. The molecule has 0 saturated heterocycles. The molecule has 0 heterocycles. The van der Waals surface area contributed by atoms with Crippen LogP contribution in [0.2, 0.25) is 0 Å². The Hall–Kier alpha value is -0.820. The Morgan fingerprint density at radius 2 is 1.62 bits per heavy atom. The highest BCUT2D eigenvalue weighted by Crippen LogP contribution is 2.57. The van der Waals surface area contributed by atoms with Gasteiger partial charge in [-0.25, -0.2) is 0 Å². The summed E-state index contributed by atoms with van der Waals surface area (Å²) < 4.78 is 0. The fraction of sp³-hybridized carbons (Fsp3) is 0.500. The molecule has 0 bridgehead atoms. The van der Waals surface area contributed by atoms with Gasteiger partial charge in [0.05, 0.1) is 0 Å². The van der Waals surface area contributed by atoms with Gasteiger partial charge in [-0.3, -0.25) is 0 Å². The summed E-state index contributed by atoms with van der Waals surface area (Å²) in [5.41, 5.74) is 9.02. The summed E-state index contributed by atoms with van der Waals surface area (Å²) in [6, 6.07) is 9.08. The van der Waals surface area contributed by atoms with Crippen LogP contribution in [0.4, 0.5) is 0 Å². The molecule has 1 heteroatoms. The molecule has 2 atom stereocenters. The fourth-order valence-corrected chi connectivity index (χ4v) is 2.09. The Morgan fingerprint density at radius 3 is 2.00 bits per heavy atom. The molecule has 1 aliphatic rings. The van der Waals surface area contributed by atoms with Crippen LogP contribution in [0.25, 0.3) is 0 Å². The van der Waals surface area contributed by atoms with E-state index in [0.29, 0.717) is 17.4 Å². The number of hydrogen-bond donors (Lipinski definition) is 1. The lowest BCUT2D eigenvalue weighted by Gasteiger charge is -2.02. The molecule has 1 fully saturated rings. The van der Waals surface area contributed by atoms with E-state index in [9.17, 15) is 0 Å². The fourth-order valence-electron chi connectivity index (χ4n) is 2.09. The lowest BCUT2D eigenvalue weighted by Crippen LogP contribution is -2.06. The van der Waals surface area contributed by atoms with Crippen LogP contribution in [0.3, 0.4) is 0 Å². The van der Waals surface area contributed by atoms with Gasteiger partial charge in [0.15, 0.2) is 0 Å². The van der Waals surface area contributed by atoms with Crippen molar-refractivity contribution in [1.82, 2.24) is 0 Å². The van der Waals surface area contributed by atoms with Crippen molar-refractivity contribution in [2.75, 3.05) is 0 Å². The van der Waals surface area contributed by atoms with E-state index in [2.05, 4.69) is 45.0 Å². The van der Waals surface area contributed by atoms with E-state index in [1.54, 1.807) is 0 Å². The number of rotatable bonds is 1. The average molecular weight is 175 g/mol. The van der Waals surface area contributed by atoms with Gasteiger partial charge in [0.25, 0.3) is 0 Å². The van der Waals surface area contributed by atoms with Gasteiger partial charge in [-0.05, 0) is 17.9 Å². The second kappa shape index (κ2) is 2.58. The molecule has 2 unspecified atom stereocenters. The maximum atomic E-state index is 6.01. The van der Waals surface area contributed by atoms with Crippen molar-refractivity contribution >= 4 is 0 Å². The molecule has 1 aliphatic carbocycles. The van der Waals surface area contributed by atoms with E-state index in [1.165, 1.54) is 11.1 Å². The molecule has 2 rings (SSSR count). The van der Waals surface area contributed by atoms with Crippen LogP contribution in [-0.4, -0.2) is 6.04 Å². The molecule has 1 aromatic carbocycles. The van der Waals surface area contributed by atoms with Crippen LogP contribution in [0.5, 0.6) is 0 Å². The summed E-state index contributed by atoms with van der Waals surface area (Å²) in [5, 5.41) is 0. The van der Waals surface area contributed by atoms with Crippen molar-refractivity contribution < 1.29 is 0 Å². The zero-order valence-electron chi connectivity index (χ0n) is 8.54. The van der Waals surface area contributed by atoms with Crippen molar-refractivity contribution in [2.24, 2.45) is 11.1 Å². The largest absolute Gasteiger partial charge is 0.327 e. The molecular formula is C12H17N. The Kier molecular flexibility index (Phi) is 1.74. The summed E-state index contributed by atoms with van der Waals surface area (Å²) in [6.07, 6.45) is 0. The minimum atomic E-state index is 0.301. The number of nitrogens with two attached hydrogens (primary N) is 1. The normalized spacial score (nSPS) is 30.2. The lowest BCUT2D eigenvalue weighted by molar-refractivity contribution is 0.599. The monoisotopic (exact) mass is 175 g/mol. The van der Waals surface area contributed by atoms with E-state index < -0.39 is 0 Å². The second-order valence-corrected chi connectivity index (χ2v) is 4.74. The minimum Gasteiger partial charge on any atom is -0.327 e. The van der Waals surface area contributed by atoms with Crippen molar-refractivity contribution in [3.8, 4) is 0 Å². The molecule has 0 aliphatic heterocycles. The highest BCUT2D eigenvalue weighted by Gasteiger charge is 2.55. The van der Waals surface area contributed by atoms with Crippen LogP contribution in [0.1, 0.15) is 30.9 Å². The first-order chi connectivity index (χ1) is 6.03. The Labute approximate surface area is 80.0 Å². The molecule has 70 valence electrons. The Bertz CT molecular complexity index is 310.